The summed E-state index contributed by atoms with van der Waals surface area (Å²) in [5.74, 6) is -2.10. The number of allylic oxidation sites excluding steroid dienone is 2. The van der Waals surface area contributed by atoms with E-state index in [-0.39, 0.29) is 19.8 Å². The zero-order chi connectivity index (χ0) is 34.4. The summed E-state index contributed by atoms with van der Waals surface area (Å²) in [6.45, 7) is 8.68. The lowest BCUT2D eigenvalue weighted by Gasteiger charge is -2.08. The van der Waals surface area contributed by atoms with Gasteiger partial charge in [-0.05, 0) is 32.1 Å². The molecule has 0 atom stereocenters. The molecule has 0 aromatic carbocycles. The molecule has 1 N–H and O–H groups in total. The van der Waals surface area contributed by atoms with Crippen LogP contribution in [0, 0.1) is 0 Å². The second-order valence-electron chi connectivity index (χ2n) is 11.2. The van der Waals surface area contributed by atoms with E-state index < -0.39 is 21.8 Å². The molecule has 280 valence electrons. The molecule has 0 amide bonds. The van der Waals surface area contributed by atoms with Crippen LogP contribution in [0.4, 0.5) is 0 Å². The van der Waals surface area contributed by atoms with E-state index in [2.05, 4.69) is 23.8 Å². The van der Waals surface area contributed by atoms with Gasteiger partial charge in [-0.2, -0.15) is 8.42 Å². The van der Waals surface area contributed by atoms with Crippen molar-refractivity contribution in [3.63, 3.8) is 0 Å². The van der Waals surface area contributed by atoms with E-state index >= 15 is 0 Å². The Morgan fingerprint density at radius 3 is 1.17 bits per heavy atom. The molecule has 0 aliphatic rings. The van der Waals surface area contributed by atoms with E-state index in [0.717, 1.165) is 13.0 Å². The molecular weight excluding hydrogens is 632 g/mol. The maximum Gasteiger partial charge on any atom is 0.323 e. The highest BCUT2D eigenvalue weighted by Gasteiger charge is 2.13. The van der Waals surface area contributed by atoms with Gasteiger partial charge in [-0.15, -0.1) is 0 Å². The number of esters is 1. The van der Waals surface area contributed by atoms with Gasteiger partial charge >= 0.3 is 5.97 Å². The lowest BCUT2D eigenvalue weighted by molar-refractivity contribution is -0.142. The van der Waals surface area contributed by atoms with E-state index in [1.807, 2.05) is 0 Å². The van der Waals surface area contributed by atoms with Gasteiger partial charge in [-0.25, -0.2) is 0 Å². The second-order valence-corrected chi connectivity index (χ2v) is 12.6. The van der Waals surface area contributed by atoms with Gasteiger partial charge in [0.15, 0.2) is 5.75 Å². The third-order valence-corrected chi connectivity index (χ3v) is 7.42. The van der Waals surface area contributed by atoms with E-state index in [1.165, 1.54) is 83.5 Å². The van der Waals surface area contributed by atoms with Gasteiger partial charge in [-0.1, -0.05) is 76.9 Å². The summed E-state index contributed by atoms with van der Waals surface area (Å²) in [5, 5.41) is 0. The van der Waals surface area contributed by atoms with Gasteiger partial charge in [0.2, 0.25) is 0 Å². The molecular formula is C34H66O12S. The Morgan fingerprint density at radius 2 is 0.787 bits per heavy atom. The minimum absolute atomic E-state index is 0.0958. The first-order valence-electron chi connectivity index (χ1n) is 17.8. The molecule has 0 unspecified atom stereocenters. The smallest absolute Gasteiger partial charge is 0.323 e. The average Bonchev–Trinajstić information content (AvgIpc) is 3.03. The van der Waals surface area contributed by atoms with Crippen LogP contribution in [0.2, 0.25) is 0 Å². The molecule has 0 aliphatic heterocycles. The summed E-state index contributed by atoms with van der Waals surface area (Å²) in [5.41, 5.74) is 0. The minimum Gasteiger partial charge on any atom is -0.462 e. The highest BCUT2D eigenvalue weighted by molar-refractivity contribution is 7.86. The normalized spacial score (nSPS) is 12.0. The van der Waals surface area contributed by atoms with Gasteiger partial charge in [-0.3, -0.25) is 9.35 Å². The average molecular weight is 699 g/mol. The third-order valence-electron chi connectivity index (χ3n) is 6.82. The van der Waals surface area contributed by atoms with Crippen LogP contribution < -0.4 is 0 Å². The summed E-state index contributed by atoms with van der Waals surface area (Å²) in [7, 11) is -4.38. The highest BCUT2D eigenvalue weighted by Crippen LogP contribution is 2.10. The Bertz CT molecular complexity index is 779. The number of unbranched alkanes of at least 4 members (excludes halogenated alkanes) is 12. The van der Waals surface area contributed by atoms with Crippen LogP contribution in [0.3, 0.4) is 0 Å². The molecule has 0 bridgehead atoms. The monoisotopic (exact) mass is 698 g/mol. The third kappa shape index (κ3) is 42.8. The Morgan fingerprint density at radius 1 is 0.468 bits per heavy atom. The lowest BCUT2D eigenvalue weighted by Crippen LogP contribution is -2.20. The van der Waals surface area contributed by atoms with Crippen molar-refractivity contribution in [3.05, 3.63) is 12.2 Å². The van der Waals surface area contributed by atoms with Crippen LogP contribution >= 0.6 is 0 Å². The molecule has 0 aromatic heterocycles. The fraction of sp³-hybridized carbons (Fsp3) is 0.912. The molecule has 0 radical (unpaired) electrons. The highest BCUT2D eigenvalue weighted by atomic mass is 32.2. The Hall–Kier alpha value is -1.16. The lowest BCUT2D eigenvalue weighted by atomic mass is 10.1. The van der Waals surface area contributed by atoms with Crippen molar-refractivity contribution in [1.82, 2.24) is 0 Å². The van der Waals surface area contributed by atoms with Crippen molar-refractivity contribution in [2.24, 2.45) is 0 Å². The SMILES string of the molecule is CCCCCCCC/C=C/CCCCCCCCOCCOCCOCCOCCOCCOCCOCCOC(=O)CS(=O)(=O)O. The molecule has 47 heavy (non-hydrogen) atoms. The molecule has 13 heteroatoms. The van der Waals surface area contributed by atoms with Crippen LogP contribution in [-0.2, 0) is 52.8 Å². The molecule has 0 heterocycles. The Labute approximate surface area is 285 Å². The molecule has 0 aromatic rings. The molecule has 0 fully saturated rings. The molecule has 0 saturated heterocycles. The van der Waals surface area contributed by atoms with Crippen LogP contribution in [0.25, 0.3) is 0 Å². The van der Waals surface area contributed by atoms with Crippen molar-refractivity contribution >= 4 is 16.1 Å². The van der Waals surface area contributed by atoms with Crippen molar-refractivity contribution in [2.75, 3.05) is 105 Å². The molecule has 0 rings (SSSR count). The van der Waals surface area contributed by atoms with Crippen LogP contribution in [-0.4, -0.2) is 124 Å². The van der Waals surface area contributed by atoms with E-state index in [9.17, 15) is 13.2 Å². The quantitative estimate of drug-likeness (QED) is 0.0371. The fourth-order valence-corrected chi connectivity index (χ4v) is 4.66. The van der Waals surface area contributed by atoms with E-state index in [4.69, 9.17) is 37.7 Å². The standard InChI is InChI=1S/C34H66O12S/c1-2-3-4-5-6-7-8-9-10-11-12-13-14-15-16-17-18-39-19-20-40-21-22-41-23-24-42-25-26-43-27-28-44-29-30-45-31-32-46-34(35)33-47(36,37)38/h9-10H,2-8,11-33H2,1H3,(H,36,37,38)/b10-9+. The van der Waals surface area contributed by atoms with E-state index in [0.29, 0.717) is 72.7 Å². The number of rotatable bonds is 39. The summed E-state index contributed by atoms with van der Waals surface area (Å²) in [4.78, 5) is 11.1. The topological polar surface area (TPSA) is 145 Å². The minimum atomic E-state index is -4.38. The zero-order valence-electron chi connectivity index (χ0n) is 29.2. The van der Waals surface area contributed by atoms with Gasteiger partial charge in [0.25, 0.3) is 10.1 Å². The summed E-state index contributed by atoms with van der Waals surface area (Å²) >= 11 is 0. The number of carbonyl (C=O) groups excluding carboxylic acids is 1. The molecule has 0 spiro atoms. The van der Waals surface area contributed by atoms with Crippen molar-refractivity contribution < 1.29 is 55.7 Å². The first kappa shape index (κ1) is 45.8. The Kier molecular flexibility index (Phi) is 36.7. The summed E-state index contributed by atoms with van der Waals surface area (Å²) in [6.07, 6.45) is 23.1. The number of hydrogen-bond acceptors (Lipinski definition) is 11. The first-order chi connectivity index (χ1) is 23.0. The first-order valence-corrected chi connectivity index (χ1v) is 19.4. The maximum absolute atomic E-state index is 11.1. The second kappa shape index (κ2) is 37.7. The zero-order valence-corrected chi connectivity index (χ0v) is 30.0. The Balaban J connectivity index is 3.12. The van der Waals surface area contributed by atoms with Crippen LogP contribution in [0.1, 0.15) is 96.8 Å². The fourth-order valence-electron chi connectivity index (χ4n) is 4.28. The van der Waals surface area contributed by atoms with Crippen molar-refractivity contribution in [1.29, 1.82) is 0 Å². The summed E-state index contributed by atoms with van der Waals surface area (Å²) in [6, 6.07) is 0. The summed E-state index contributed by atoms with van der Waals surface area (Å²) < 4.78 is 72.2. The molecule has 0 saturated carbocycles. The van der Waals surface area contributed by atoms with Crippen molar-refractivity contribution in [2.45, 2.75) is 96.8 Å². The van der Waals surface area contributed by atoms with Gasteiger partial charge in [0.05, 0.1) is 85.9 Å². The largest absolute Gasteiger partial charge is 0.462 e. The van der Waals surface area contributed by atoms with Crippen molar-refractivity contribution in [3.8, 4) is 0 Å². The number of carbonyl (C=O) groups is 1. The van der Waals surface area contributed by atoms with Gasteiger partial charge < -0.3 is 37.9 Å². The van der Waals surface area contributed by atoms with Crippen LogP contribution in [0.5, 0.6) is 0 Å². The maximum atomic E-state index is 11.1. The molecule has 12 nitrogen and oxygen atoms in total. The number of hydrogen-bond donors (Lipinski definition) is 1. The van der Waals surface area contributed by atoms with Gasteiger partial charge in [0, 0.05) is 6.61 Å². The van der Waals surface area contributed by atoms with Crippen LogP contribution in [0.15, 0.2) is 12.2 Å². The predicted octanol–water partition coefficient (Wildman–Crippen LogP) is 5.57. The van der Waals surface area contributed by atoms with Gasteiger partial charge in [0.1, 0.15) is 6.61 Å². The molecule has 0 aliphatic carbocycles. The number of ether oxygens (including phenoxy) is 8. The predicted molar refractivity (Wildman–Crippen MR) is 183 cm³/mol. The van der Waals surface area contributed by atoms with E-state index in [1.54, 1.807) is 0 Å².